The molecule has 31 heavy (non-hydrogen) atoms. The number of hydrogen-bond acceptors (Lipinski definition) is 8. The number of carbonyl (C=O) groups is 2. The summed E-state index contributed by atoms with van der Waals surface area (Å²) < 4.78 is 15.9. The number of carbonyl (C=O) groups excluding carboxylic acids is 2. The number of amides is 1. The first kappa shape index (κ1) is 22.1. The van der Waals surface area contributed by atoms with E-state index in [2.05, 4.69) is 10.3 Å². The van der Waals surface area contributed by atoms with Gasteiger partial charge in [-0.2, -0.15) is 0 Å². The van der Waals surface area contributed by atoms with Gasteiger partial charge in [0.1, 0.15) is 0 Å². The number of nitrogens with two attached hydrogens (primary N) is 1. The molecular weight excluding hydrogens is 418 g/mol. The number of thiazole rings is 1. The van der Waals surface area contributed by atoms with Crippen LogP contribution in [-0.4, -0.2) is 37.2 Å². The second kappa shape index (κ2) is 9.94. The van der Waals surface area contributed by atoms with Crippen molar-refractivity contribution in [2.45, 2.75) is 19.4 Å². The van der Waals surface area contributed by atoms with Crippen molar-refractivity contribution < 1.29 is 23.8 Å². The normalized spacial score (nSPS) is 11.5. The Labute approximate surface area is 184 Å². The highest BCUT2D eigenvalue weighted by Gasteiger charge is 2.23. The summed E-state index contributed by atoms with van der Waals surface area (Å²) in [5.41, 5.74) is 7.98. The molecule has 3 N–H and O–H groups in total. The number of hydrogen-bond donors (Lipinski definition) is 2. The Balaban J connectivity index is 1.68. The van der Waals surface area contributed by atoms with Crippen molar-refractivity contribution in [2.24, 2.45) is 0 Å². The second-order valence-corrected chi connectivity index (χ2v) is 7.38. The summed E-state index contributed by atoms with van der Waals surface area (Å²) in [6.45, 7) is 1.76. The van der Waals surface area contributed by atoms with Crippen LogP contribution in [0.2, 0.25) is 0 Å². The van der Waals surface area contributed by atoms with Crippen LogP contribution in [0.15, 0.2) is 47.8 Å². The average Bonchev–Trinajstić information content (AvgIpc) is 3.25. The van der Waals surface area contributed by atoms with E-state index >= 15 is 0 Å². The monoisotopic (exact) mass is 441 g/mol. The zero-order valence-electron chi connectivity index (χ0n) is 17.4. The number of ether oxygens (including phenoxy) is 3. The van der Waals surface area contributed by atoms with Gasteiger partial charge in [-0.15, -0.1) is 11.3 Å². The first-order valence-corrected chi connectivity index (χ1v) is 10.4. The second-order valence-electron chi connectivity index (χ2n) is 6.52. The van der Waals surface area contributed by atoms with Crippen molar-refractivity contribution in [3.63, 3.8) is 0 Å². The van der Waals surface area contributed by atoms with E-state index < -0.39 is 18.0 Å². The van der Waals surface area contributed by atoms with E-state index in [-0.39, 0.29) is 0 Å². The number of benzene rings is 2. The highest BCUT2D eigenvalue weighted by molar-refractivity contribution is 7.14. The van der Waals surface area contributed by atoms with Crippen molar-refractivity contribution in [2.75, 3.05) is 25.3 Å². The minimum Gasteiger partial charge on any atom is -0.493 e. The molecule has 1 unspecified atom stereocenters. The Bertz CT molecular complexity index is 1070. The fourth-order valence-corrected chi connectivity index (χ4v) is 3.51. The van der Waals surface area contributed by atoms with Crippen LogP contribution in [0.3, 0.4) is 0 Å². The van der Waals surface area contributed by atoms with Crippen LogP contribution in [0.25, 0.3) is 11.3 Å². The third kappa shape index (κ3) is 5.32. The van der Waals surface area contributed by atoms with Gasteiger partial charge in [-0.05, 0) is 48.9 Å². The molecule has 9 heteroatoms. The third-order valence-electron chi connectivity index (χ3n) is 4.47. The molecule has 8 nitrogen and oxygen atoms in total. The molecule has 2 aromatic carbocycles. The summed E-state index contributed by atoms with van der Waals surface area (Å²) in [7, 11) is 3.13. The lowest BCUT2D eigenvalue weighted by atomic mass is 10.1. The molecule has 0 fully saturated rings. The van der Waals surface area contributed by atoms with Gasteiger partial charge < -0.3 is 19.9 Å². The Morgan fingerprint density at radius 2 is 1.81 bits per heavy atom. The van der Waals surface area contributed by atoms with E-state index in [1.807, 2.05) is 17.5 Å². The molecule has 1 heterocycles. The molecule has 1 aromatic heterocycles. The van der Waals surface area contributed by atoms with E-state index in [9.17, 15) is 9.59 Å². The molecule has 0 radical (unpaired) electrons. The first-order chi connectivity index (χ1) is 14.9. The van der Waals surface area contributed by atoms with Gasteiger partial charge in [-0.25, -0.2) is 9.78 Å². The van der Waals surface area contributed by atoms with Crippen LogP contribution < -0.4 is 20.5 Å². The summed E-state index contributed by atoms with van der Waals surface area (Å²) in [5, 5.41) is 4.93. The van der Waals surface area contributed by atoms with E-state index in [1.54, 1.807) is 51.5 Å². The molecule has 0 aliphatic rings. The summed E-state index contributed by atoms with van der Waals surface area (Å²) >= 11 is 1.27. The number of methoxy groups -OCH3 is 2. The number of rotatable bonds is 8. The largest absolute Gasteiger partial charge is 0.493 e. The minimum absolute atomic E-state index is 0.320. The highest BCUT2D eigenvalue weighted by atomic mass is 32.1. The molecule has 1 atom stereocenters. The molecule has 0 spiro atoms. The summed E-state index contributed by atoms with van der Waals surface area (Å²) in [5.74, 6) is 0.162. The maximum absolute atomic E-state index is 12.6. The van der Waals surface area contributed by atoms with Gasteiger partial charge in [0, 0.05) is 16.6 Å². The molecule has 162 valence electrons. The van der Waals surface area contributed by atoms with Crippen LogP contribution in [0, 0.1) is 0 Å². The Kier molecular flexibility index (Phi) is 7.09. The zero-order chi connectivity index (χ0) is 22.4. The van der Waals surface area contributed by atoms with Crippen LogP contribution in [0.1, 0.15) is 23.7 Å². The quantitative estimate of drug-likeness (QED) is 0.401. The lowest BCUT2D eigenvalue weighted by molar-refractivity contribution is -0.124. The zero-order valence-corrected chi connectivity index (χ0v) is 18.2. The molecule has 0 saturated carbocycles. The van der Waals surface area contributed by atoms with Crippen molar-refractivity contribution >= 4 is 34.0 Å². The SMILES string of the molecule is CCC(OC(=O)c1ccc(N)cc1)C(=O)Nc1nc(-c2ccc(OC)c(OC)c2)cs1. The van der Waals surface area contributed by atoms with Gasteiger partial charge in [0.25, 0.3) is 5.91 Å². The number of esters is 1. The summed E-state index contributed by atoms with van der Waals surface area (Å²) in [6.07, 6.45) is -0.626. The maximum atomic E-state index is 12.6. The Morgan fingerprint density at radius 3 is 2.45 bits per heavy atom. The molecule has 1 amide bonds. The van der Waals surface area contributed by atoms with Crippen LogP contribution in [0.4, 0.5) is 10.8 Å². The Morgan fingerprint density at radius 1 is 1.10 bits per heavy atom. The highest BCUT2D eigenvalue weighted by Crippen LogP contribution is 2.33. The van der Waals surface area contributed by atoms with Crippen molar-refractivity contribution in [3.8, 4) is 22.8 Å². The number of nitrogens with zero attached hydrogens (tertiary/aromatic N) is 1. The van der Waals surface area contributed by atoms with Crippen molar-refractivity contribution in [3.05, 3.63) is 53.4 Å². The van der Waals surface area contributed by atoms with E-state index in [4.69, 9.17) is 19.9 Å². The molecular formula is C22H23N3O5S. The molecule has 3 aromatic rings. The predicted octanol–water partition coefficient (Wildman–Crippen LogP) is 3.98. The van der Waals surface area contributed by atoms with Gasteiger partial charge in [-0.3, -0.25) is 10.1 Å². The lowest BCUT2D eigenvalue weighted by Gasteiger charge is -2.15. The van der Waals surface area contributed by atoms with Gasteiger partial charge in [0.15, 0.2) is 22.7 Å². The van der Waals surface area contributed by atoms with Crippen LogP contribution in [-0.2, 0) is 9.53 Å². The number of aromatic nitrogens is 1. The fraction of sp³-hybridized carbons (Fsp3) is 0.227. The number of nitrogen functional groups attached to an aromatic ring is 1. The van der Waals surface area contributed by atoms with Crippen molar-refractivity contribution in [1.29, 1.82) is 0 Å². The smallest absolute Gasteiger partial charge is 0.338 e. The van der Waals surface area contributed by atoms with E-state index in [0.29, 0.717) is 40.0 Å². The van der Waals surface area contributed by atoms with Crippen molar-refractivity contribution in [1.82, 2.24) is 4.98 Å². The van der Waals surface area contributed by atoms with Gasteiger partial charge in [-0.1, -0.05) is 6.92 Å². The van der Waals surface area contributed by atoms with Gasteiger partial charge >= 0.3 is 5.97 Å². The molecule has 3 rings (SSSR count). The van der Waals surface area contributed by atoms with Gasteiger partial charge in [0.2, 0.25) is 0 Å². The average molecular weight is 442 g/mol. The lowest BCUT2D eigenvalue weighted by Crippen LogP contribution is -2.32. The van der Waals surface area contributed by atoms with E-state index in [1.165, 1.54) is 11.3 Å². The first-order valence-electron chi connectivity index (χ1n) is 9.50. The third-order valence-corrected chi connectivity index (χ3v) is 5.23. The molecule has 0 aliphatic carbocycles. The summed E-state index contributed by atoms with van der Waals surface area (Å²) in [6, 6.07) is 11.8. The van der Waals surface area contributed by atoms with E-state index in [0.717, 1.165) is 5.56 Å². The Hall–Kier alpha value is -3.59. The summed E-state index contributed by atoms with van der Waals surface area (Å²) in [4.78, 5) is 29.4. The minimum atomic E-state index is -0.946. The van der Waals surface area contributed by atoms with Gasteiger partial charge in [0.05, 0.1) is 25.5 Å². The molecule has 0 bridgehead atoms. The maximum Gasteiger partial charge on any atom is 0.338 e. The van der Waals surface area contributed by atoms with Crippen LogP contribution >= 0.6 is 11.3 Å². The molecule has 0 saturated heterocycles. The topological polar surface area (TPSA) is 113 Å². The molecule has 0 aliphatic heterocycles. The number of nitrogens with one attached hydrogen (secondary N) is 1. The van der Waals surface area contributed by atoms with Crippen LogP contribution in [0.5, 0.6) is 11.5 Å². The standard InChI is InChI=1S/C22H23N3O5S/c1-4-17(30-21(27)13-5-8-15(23)9-6-13)20(26)25-22-24-16(12-31-22)14-7-10-18(28-2)19(11-14)29-3/h5-12,17H,4,23H2,1-3H3,(H,24,25,26). The fourth-order valence-electron chi connectivity index (χ4n) is 2.78. The predicted molar refractivity (Wildman–Crippen MR) is 120 cm³/mol. The number of anilines is 2.